The normalized spacial score (nSPS) is 37.6. The molecule has 0 aromatic carbocycles. The highest BCUT2D eigenvalue weighted by molar-refractivity contribution is 5.87. The first-order valence-electron chi connectivity index (χ1n) is 3.77. The van der Waals surface area contributed by atoms with Crippen molar-refractivity contribution in [2.45, 2.75) is 26.5 Å². The van der Waals surface area contributed by atoms with Crippen molar-refractivity contribution in [1.29, 1.82) is 5.26 Å². The van der Waals surface area contributed by atoms with Gasteiger partial charge in [-0.3, -0.25) is 4.99 Å². The van der Waals surface area contributed by atoms with E-state index in [2.05, 4.69) is 11.1 Å². The van der Waals surface area contributed by atoms with Crippen molar-refractivity contribution in [2.24, 2.45) is 16.8 Å². The Hall–Kier alpha value is -0.880. The summed E-state index contributed by atoms with van der Waals surface area (Å²) in [6.07, 6.45) is 0.0184. The van der Waals surface area contributed by atoms with Crippen LogP contribution in [0.2, 0.25) is 0 Å². The van der Waals surface area contributed by atoms with E-state index in [1.165, 1.54) is 0 Å². The number of aliphatic hydroxyl groups is 1. The number of nitrogens with zero attached hydrogens (tertiary/aromatic N) is 2. The van der Waals surface area contributed by atoms with Crippen molar-refractivity contribution in [3.63, 3.8) is 0 Å². The van der Waals surface area contributed by atoms with Crippen LogP contribution in [0.1, 0.15) is 20.3 Å². The third-order valence-electron chi connectivity index (χ3n) is 2.09. The van der Waals surface area contributed by atoms with Gasteiger partial charge in [0.2, 0.25) is 0 Å². The van der Waals surface area contributed by atoms with E-state index in [4.69, 9.17) is 10.4 Å². The Morgan fingerprint density at radius 3 is 2.82 bits per heavy atom. The summed E-state index contributed by atoms with van der Waals surface area (Å²) in [6, 6.07) is 2.18. The van der Waals surface area contributed by atoms with Crippen LogP contribution in [0.4, 0.5) is 0 Å². The summed E-state index contributed by atoms with van der Waals surface area (Å²) >= 11 is 0. The number of aliphatic hydroxyl groups excluding tert-OH is 1. The van der Waals surface area contributed by atoms with Crippen LogP contribution in [0.3, 0.4) is 0 Å². The fourth-order valence-corrected chi connectivity index (χ4v) is 1.47. The summed E-state index contributed by atoms with van der Waals surface area (Å²) < 4.78 is 0. The molecule has 0 aliphatic carbocycles. The minimum Gasteiger partial charge on any atom is -0.372 e. The van der Waals surface area contributed by atoms with E-state index >= 15 is 0 Å². The summed E-state index contributed by atoms with van der Waals surface area (Å²) in [5.74, 6) is 0.130. The second-order valence-electron chi connectivity index (χ2n) is 3.07. The maximum absolute atomic E-state index is 9.17. The number of hydrogen-bond acceptors (Lipinski definition) is 3. The van der Waals surface area contributed by atoms with Gasteiger partial charge >= 0.3 is 0 Å². The van der Waals surface area contributed by atoms with Gasteiger partial charge in [-0.25, -0.2) is 0 Å². The molecule has 1 N–H and O–H groups in total. The summed E-state index contributed by atoms with van der Waals surface area (Å²) in [5, 5.41) is 17.9. The maximum atomic E-state index is 9.17. The van der Waals surface area contributed by atoms with Crippen molar-refractivity contribution in [2.75, 3.05) is 0 Å². The molecule has 1 aliphatic rings. The first-order chi connectivity index (χ1) is 5.15. The zero-order valence-electron chi connectivity index (χ0n) is 6.78. The average molecular weight is 152 g/mol. The lowest BCUT2D eigenvalue weighted by atomic mass is 9.86. The van der Waals surface area contributed by atoms with Gasteiger partial charge in [-0.1, -0.05) is 6.92 Å². The average Bonchev–Trinajstić information content (AvgIpc) is 1.85. The van der Waals surface area contributed by atoms with E-state index in [0.29, 0.717) is 6.42 Å². The Bertz CT molecular complexity index is 217. The number of aliphatic imine (C=N–C) groups is 1. The molecule has 0 fully saturated rings. The Morgan fingerprint density at radius 1 is 1.73 bits per heavy atom. The number of rotatable bonds is 0. The van der Waals surface area contributed by atoms with Crippen LogP contribution in [0.25, 0.3) is 0 Å². The molecule has 1 heterocycles. The molecule has 3 nitrogen and oxygen atoms in total. The first-order valence-corrected chi connectivity index (χ1v) is 3.77. The minimum atomic E-state index is -0.588. The van der Waals surface area contributed by atoms with E-state index in [1.54, 1.807) is 6.92 Å². The predicted molar refractivity (Wildman–Crippen MR) is 42.0 cm³/mol. The lowest BCUT2D eigenvalue weighted by Crippen LogP contribution is -2.28. The highest BCUT2D eigenvalue weighted by Crippen LogP contribution is 2.23. The highest BCUT2D eigenvalue weighted by Gasteiger charge is 2.26. The van der Waals surface area contributed by atoms with Crippen LogP contribution in [0, 0.1) is 23.2 Å². The third-order valence-corrected chi connectivity index (χ3v) is 2.09. The van der Waals surface area contributed by atoms with E-state index in [-0.39, 0.29) is 11.8 Å². The van der Waals surface area contributed by atoms with Crippen molar-refractivity contribution in [3.8, 4) is 6.07 Å². The first kappa shape index (κ1) is 8.22. The minimum absolute atomic E-state index is 0.0987. The standard InChI is InChI=1S/C8H12N2O/c1-5-3-8(11)10-6(2)7(5)4-9/h5,7-8,11H,3H2,1-2H3/t5?,7-,8+/m1/s1. The molecule has 60 valence electrons. The fourth-order valence-electron chi connectivity index (χ4n) is 1.47. The lowest BCUT2D eigenvalue weighted by molar-refractivity contribution is 0.141. The van der Waals surface area contributed by atoms with Gasteiger partial charge in [0.1, 0.15) is 6.23 Å². The molecule has 1 unspecified atom stereocenters. The van der Waals surface area contributed by atoms with Crippen molar-refractivity contribution in [1.82, 2.24) is 0 Å². The molecule has 0 amide bonds. The van der Waals surface area contributed by atoms with Crippen molar-refractivity contribution >= 4 is 5.71 Å². The van der Waals surface area contributed by atoms with Crippen molar-refractivity contribution in [3.05, 3.63) is 0 Å². The fraction of sp³-hybridized carbons (Fsp3) is 0.750. The lowest BCUT2D eigenvalue weighted by Gasteiger charge is -2.24. The van der Waals surface area contributed by atoms with Crippen LogP contribution in [0.5, 0.6) is 0 Å². The topological polar surface area (TPSA) is 56.4 Å². The van der Waals surface area contributed by atoms with E-state index < -0.39 is 6.23 Å². The Balaban J connectivity index is 2.82. The third kappa shape index (κ3) is 1.58. The SMILES string of the molecule is CC1=N[C@@H](O)CC(C)[C@H]1C#N. The van der Waals surface area contributed by atoms with Crippen LogP contribution in [0.15, 0.2) is 4.99 Å². The molecule has 0 radical (unpaired) electrons. The Kier molecular flexibility index (Phi) is 2.25. The monoisotopic (exact) mass is 152 g/mol. The number of nitriles is 1. The van der Waals surface area contributed by atoms with Crippen LogP contribution < -0.4 is 0 Å². The largest absolute Gasteiger partial charge is 0.372 e. The maximum Gasteiger partial charge on any atom is 0.145 e. The zero-order valence-corrected chi connectivity index (χ0v) is 6.78. The van der Waals surface area contributed by atoms with Gasteiger partial charge in [-0.15, -0.1) is 0 Å². The Morgan fingerprint density at radius 2 is 2.36 bits per heavy atom. The van der Waals surface area contributed by atoms with E-state index in [9.17, 15) is 0 Å². The van der Waals surface area contributed by atoms with Gasteiger partial charge in [0.15, 0.2) is 0 Å². The molecule has 1 aliphatic heterocycles. The Labute approximate surface area is 66.4 Å². The number of hydrogen-bond donors (Lipinski definition) is 1. The van der Waals surface area contributed by atoms with Gasteiger partial charge in [-0.05, 0) is 19.3 Å². The molecule has 3 atom stereocenters. The molecule has 0 saturated heterocycles. The van der Waals surface area contributed by atoms with Crippen LogP contribution in [-0.4, -0.2) is 17.0 Å². The van der Waals surface area contributed by atoms with Gasteiger partial charge < -0.3 is 5.11 Å². The van der Waals surface area contributed by atoms with E-state index in [0.717, 1.165) is 5.71 Å². The molecule has 0 aromatic rings. The summed E-state index contributed by atoms with van der Waals surface area (Å²) in [4.78, 5) is 3.94. The summed E-state index contributed by atoms with van der Waals surface area (Å²) in [7, 11) is 0. The molecule has 0 bridgehead atoms. The molecule has 11 heavy (non-hydrogen) atoms. The molecule has 0 spiro atoms. The molecular formula is C8H12N2O. The zero-order chi connectivity index (χ0) is 8.43. The van der Waals surface area contributed by atoms with Crippen molar-refractivity contribution < 1.29 is 5.11 Å². The van der Waals surface area contributed by atoms with Crippen LogP contribution in [-0.2, 0) is 0 Å². The van der Waals surface area contributed by atoms with Crippen LogP contribution >= 0.6 is 0 Å². The highest BCUT2D eigenvalue weighted by atomic mass is 16.3. The molecule has 3 heteroatoms. The molecular weight excluding hydrogens is 140 g/mol. The van der Waals surface area contributed by atoms with Gasteiger partial charge in [0.25, 0.3) is 0 Å². The van der Waals surface area contributed by atoms with Gasteiger partial charge in [0, 0.05) is 5.71 Å². The summed E-state index contributed by atoms with van der Waals surface area (Å²) in [5.41, 5.74) is 0.763. The smallest absolute Gasteiger partial charge is 0.145 e. The molecule has 0 aromatic heterocycles. The summed E-state index contributed by atoms with van der Waals surface area (Å²) in [6.45, 7) is 3.77. The molecule has 0 saturated carbocycles. The second-order valence-corrected chi connectivity index (χ2v) is 3.07. The molecule has 1 rings (SSSR count). The van der Waals surface area contributed by atoms with E-state index in [1.807, 2.05) is 6.92 Å². The quantitative estimate of drug-likeness (QED) is 0.561. The second kappa shape index (κ2) is 3.02. The van der Waals surface area contributed by atoms with Gasteiger partial charge in [-0.2, -0.15) is 5.26 Å². The predicted octanol–water partition coefficient (Wildman–Crippen LogP) is 0.945. The van der Waals surface area contributed by atoms with Gasteiger partial charge in [0.05, 0.1) is 12.0 Å².